The van der Waals surface area contributed by atoms with E-state index in [2.05, 4.69) is 30.9 Å². The van der Waals surface area contributed by atoms with Crippen molar-refractivity contribution in [3.8, 4) is 0 Å². The Morgan fingerprint density at radius 2 is 2.20 bits per heavy atom. The highest BCUT2D eigenvalue weighted by atomic mass is 15.3. The number of amidine groups is 1. The first-order valence-electron chi connectivity index (χ1n) is 5.19. The van der Waals surface area contributed by atoms with Crippen LogP contribution in [0.25, 0.3) is 0 Å². The van der Waals surface area contributed by atoms with Gasteiger partial charge < -0.3 is 5.73 Å². The molecule has 0 spiro atoms. The van der Waals surface area contributed by atoms with Crippen molar-refractivity contribution in [2.24, 2.45) is 16.1 Å². The number of nitrogens with zero attached hydrogens (tertiary/aromatic N) is 3. The van der Waals surface area contributed by atoms with Gasteiger partial charge in [0.25, 0.3) is 0 Å². The second-order valence-electron chi connectivity index (χ2n) is 4.80. The number of aromatic nitrogens is 2. The molecule has 0 amide bonds. The summed E-state index contributed by atoms with van der Waals surface area (Å²) in [4.78, 5) is 4.33. The number of nitrogens with two attached hydrogens (primary N) is 1. The molecule has 4 nitrogen and oxygen atoms in total. The van der Waals surface area contributed by atoms with Crippen molar-refractivity contribution in [3.63, 3.8) is 0 Å². The van der Waals surface area contributed by atoms with Gasteiger partial charge in [0.05, 0.1) is 25.1 Å². The Hall–Kier alpha value is -1.32. The maximum atomic E-state index is 5.84. The van der Waals surface area contributed by atoms with E-state index < -0.39 is 0 Å². The van der Waals surface area contributed by atoms with Crippen LogP contribution in [0.3, 0.4) is 0 Å². The summed E-state index contributed by atoms with van der Waals surface area (Å²) in [6, 6.07) is 0. The lowest BCUT2D eigenvalue weighted by molar-refractivity contribution is 0.572. The van der Waals surface area contributed by atoms with Gasteiger partial charge in [0.15, 0.2) is 0 Å². The van der Waals surface area contributed by atoms with Crippen LogP contribution in [0.5, 0.6) is 0 Å². The van der Waals surface area contributed by atoms with E-state index in [0.29, 0.717) is 12.4 Å². The molecule has 1 heterocycles. The summed E-state index contributed by atoms with van der Waals surface area (Å²) in [5.41, 5.74) is 6.97. The van der Waals surface area contributed by atoms with Gasteiger partial charge in [-0.25, -0.2) is 0 Å². The average Bonchev–Trinajstić information content (AvgIpc) is 2.49. The molecule has 1 aromatic rings. The largest absolute Gasteiger partial charge is 0.387 e. The molecule has 0 saturated heterocycles. The molecule has 0 radical (unpaired) electrons. The van der Waals surface area contributed by atoms with Crippen molar-refractivity contribution in [2.75, 3.05) is 6.54 Å². The fourth-order valence-corrected chi connectivity index (χ4v) is 1.10. The number of hydrogen-bond donors (Lipinski definition) is 1. The summed E-state index contributed by atoms with van der Waals surface area (Å²) in [6.45, 7) is 9.67. The average molecular weight is 208 g/mol. The Balaban J connectivity index is 2.45. The zero-order chi connectivity index (χ0) is 11.5. The minimum Gasteiger partial charge on any atom is -0.387 e. The van der Waals surface area contributed by atoms with E-state index in [1.807, 2.05) is 24.0 Å². The minimum absolute atomic E-state index is 0.0416. The Morgan fingerprint density at radius 3 is 2.67 bits per heavy atom. The number of aryl methyl sites for hydroxylation is 1. The molecule has 1 aromatic heterocycles. The lowest BCUT2D eigenvalue weighted by Gasteiger charge is -2.17. The Bertz CT molecular complexity index is 344. The molecule has 4 heteroatoms. The highest BCUT2D eigenvalue weighted by molar-refractivity contribution is 5.85. The third-order valence-electron chi connectivity index (χ3n) is 2.14. The summed E-state index contributed by atoms with van der Waals surface area (Å²) >= 11 is 0. The Morgan fingerprint density at radius 1 is 1.53 bits per heavy atom. The summed E-state index contributed by atoms with van der Waals surface area (Å²) in [6.07, 6.45) is 3.85. The van der Waals surface area contributed by atoms with Crippen molar-refractivity contribution in [1.29, 1.82) is 0 Å². The fourth-order valence-electron chi connectivity index (χ4n) is 1.10. The first-order valence-corrected chi connectivity index (χ1v) is 5.19. The molecular formula is C11H20N4. The summed E-state index contributed by atoms with van der Waals surface area (Å²) < 4.78 is 1.88. The maximum absolute atomic E-state index is 5.84. The second-order valence-corrected chi connectivity index (χ2v) is 4.80. The molecule has 0 atom stereocenters. The van der Waals surface area contributed by atoms with E-state index in [9.17, 15) is 0 Å². The second kappa shape index (κ2) is 4.47. The smallest absolute Gasteiger partial charge is 0.0992 e. The van der Waals surface area contributed by atoms with Gasteiger partial charge >= 0.3 is 0 Å². The van der Waals surface area contributed by atoms with Gasteiger partial charge in [-0.05, 0) is 12.5 Å². The van der Waals surface area contributed by atoms with Crippen LogP contribution in [0.4, 0.5) is 0 Å². The molecule has 0 aliphatic carbocycles. The van der Waals surface area contributed by atoms with Crippen molar-refractivity contribution in [3.05, 3.63) is 18.0 Å². The van der Waals surface area contributed by atoms with Gasteiger partial charge in [-0.15, -0.1) is 0 Å². The number of hydrogen-bond acceptors (Lipinski definition) is 2. The van der Waals surface area contributed by atoms with Gasteiger partial charge in [0, 0.05) is 11.6 Å². The highest BCUT2D eigenvalue weighted by Gasteiger charge is 2.14. The SMILES string of the molecule is Cc1cnn(CCN=C(N)C(C)(C)C)c1. The van der Waals surface area contributed by atoms with E-state index in [-0.39, 0.29) is 5.41 Å². The number of aliphatic imine (C=N–C) groups is 1. The van der Waals surface area contributed by atoms with Gasteiger partial charge in [-0.2, -0.15) is 5.10 Å². The zero-order valence-corrected chi connectivity index (χ0v) is 9.99. The van der Waals surface area contributed by atoms with Crippen LogP contribution >= 0.6 is 0 Å². The van der Waals surface area contributed by atoms with Crippen molar-refractivity contribution in [1.82, 2.24) is 9.78 Å². The van der Waals surface area contributed by atoms with Crippen LogP contribution in [-0.4, -0.2) is 22.2 Å². The molecule has 0 aliphatic heterocycles. The molecule has 0 unspecified atom stereocenters. The van der Waals surface area contributed by atoms with E-state index in [4.69, 9.17) is 5.73 Å². The highest BCUT2D eigenvalue weighted by Crippen LogP contribution is 2.12. The zero-order valence-electron chi connectivity index (χ0n) is 9.99. The van der Waals surface area contributed by atoms with E-state index >= 15 is 0 Å². The fraction of sp³-hybridized carbons (Fsp3) is 0.636. The summed E-state index contributed by atoms with van der Waals surface area (Å²) in [5.74, 6) is 0.700. The van der Waals surface area contributed by atoms with Crippen LogP contribution in [0.1, 0.15) is 26.3 Å². The molecule has 0 fully saturated rings. The number of rotatable bonds is 3. The van der Waals surface area contributed by atoms with Crippen LogP contribution in [0.15, 0.2) is 17.4 Å². The summed E-state index contributed by atoms with van der Waals surface area (Å²) in [5, 5.41) is 4.18. The molecule has 0 aromatic carbocycles. The van der Waals surface area contributed by atoms with Gasteiger partial charge in [0.2, 0.25) is 0 Å². The van der Waals surface area contributed by atoms with Crippen molar-refractivity contribution in [2.45, 2.75) is 34.2 Å². The molecule has 1 rings (SSSR count). The lowest BCUT2D eigenvalue weighted by atomic mass is 9.95. The normalized spacial score (nSPS) is 13.2. The Labute approximate surface area is 91.2 Å². The quantitative estimate of drug-likeness (QED) is 0.606. The molecule has 0 saturated carbocycles. The molecular weight excluding hydrogens is 188 g/mol. The lowest BCUT2D eigenvalue weighted by Crippen LogP contribution is -2.29. The van der Waals surface area contributed by atoms with Crippen LogP contribution in [0, 0.1) is 12.3 Å². The Kier molecular flexibility index (Phi) is 3.50. The van der Waals surface area contributed by atoms with E-state index in [1.54, 1.807) is 0 Å². The maximum Gasteiger partial charge on any atom is 0.0992 e. The first kappa shape index (κ1) is 11.8. The van der Waals surface area contributed by atoms with E-state index in [0.717, 1.165) is 6.54 Å². The molecule has 2 N–H and O–H groups in total. The van der Waals surface area contributed by atoms with Crippen molar-refractivity contribution >= 4 is 5.84 Å². The third-order valence-corrected chi connectivity index (χ3v) is 2.14. The molecule has 84 valence electrons. The van der Waals surface area contributed by atoms with Crippen LogP contribution in [0.2, 0.25) is 0 Å². The van der Waals surface area contributed by atoms with Crippen molar-refractivity contribution < 1.29 is 0 Å². The van der Waals surface area contributed by atoms with Crippen LogP contribution < -0.4 is 5.73 Å². The minimum atomic E-state index is -0.0416. The van der Waals surface area contributed by atoms with Gasteiger partial charge in [-0.3, -0.25) is 9.67 Å². The summed E-state index contributed by atoms with van der Waals surface area (Å²) in [7, 11) is 0. The molecule has 15 heavy (non-hydrogen) atoms. The van der Waals surface area contributed by atoms with Gasteiger partial charge in [0.1, 0.15) is 0 Å². The third kappa shape index (κ3) is 3.73. The monoisotopic (exact) mass is 208 g/mol. The molecule has 0 bridgehead atoms. The predicted octanol–water partition coefficient (Wildman–Crippen LogP) is 1.59. The van der Waals surface area contributed by atoms with E-state index in [1.165, 1.54) is 5.56 Å². The predicted molar refractivity (Wildman–Crippen MR) is 62.9 cm³/mol. The van der Waals surface area contributed by atoms with Gasteiger partial charge in [-0.1, -0.05) is 20.8 Å². The topological polar surface area (TPSA) is 56.2 Å². The standard InChI is InChI=1S/C11H20N4/c1-9-7-14-15(8-9)6-5-13-10(12)11(2,3)4/h7-8H,5-6H2,1-4H3,(H2,12,13). The molecule has 0 aliphatic rings. The first-order chi connectivity index (χ1) is 6.89. The van der Waals surface area contributed by atoms with Crippen LogP contribution in [-0.2, 0) is 6.54 Å².